The minimum absolute atomic E-state index is 0.148. The van der Waals surface area contributed by atoms with Gasteiger partial charge in [0, 0.05) is 35.6 Å². The second kappa shape index (κ2) is 6.67. The van der Waals surface area contributed by atoms with Gasteiger partial charge in [-0.2, -0.15) is 0 Å². The topological polar surface area (TPSA) is 91.3 Å². The van der Waals surface area contributed by atoms with Crippen LogP contribution in [0.5, 0.6) is 11.6 Å². The lowest BCUT2D eigenvalue weighted by molar-refractivity contribution is 0.0691. The first kappa shape index (κ1) is 15.9. The molecule has 3 aromatic rings. The minimum Gasteiger partial charge on any atom is -0.477 e. The number of hydrogen-bond donors (Lipinski definition) is 2. The van der Waals surface area contributed by atoms with Gasteiger partial charge in [0.1, 0.15) is 17.8 Å². The number of rotatable bonds is 6. The monoisotopic (exact) mass is 326 g/mol. The van der Waals surface area contributed by atoms with E-state index < -0.39 is 5.97 Å². The standard InChI is InChI=1S/C17H18N4O3/c1-21(2)6-5-12-9-16(19-10-18-12)24-13-3-4-14-11(7-13)8-15(20-14)17(22)23/h3-4,7-10,20H,5-6H2,1-2H3,(H,22,23). The molecule has 0 unspecified atom stereocenters. The van der Waals surface area contributed by atoms with Crippen LogP contribution in [0.25, 0.3) is 10.9 Å². The first-order chi connectivity index (χ1) is 11.5. The van der Waals surface area contributed by atoms with E-state index in [1.807, 2.05) is 20.2 Å². The summed E-state index contributed by atoms with van der Waals surface area (Å²) in [6, 6.07) is 8.72. The van der Waals surface area contributed by atoms with E-state index in [1.165, 1.54) is 6.33 Å². The molecule has 0 amide bonds. The van der Waals surface area contributed by atoms with E-state index in [4.69, 9.17) is 9.84 Å². The van der Waals surface area contributed by atoms with Gasteiger partial charge in [0.2, 0.25) is 5.88 Å². The number of hydrogen-bond acceptors (Lipinski definition) is 5. The van der Waals surface area contributed by atoms with Gasteiger partial charge in [0.15, 0.2) is 0 Å². The molecule has 0 bridgehead atoms. The summed E-state index contributed by atoms with van der Waals surface area (Å²) in [5, 5.41) is 9.80. The number of likely N-dealkylation sites (N-methyl/N-ethyl adjacent to an activating group) is 1. The molecule has 2 N–H and O–H groups in total. The third-order valence-electron chi connectivity index (χ3n) is 3.56. The Kier molecular flexibility index (Phi) is 4.43. The number of nitrogens with one attached hydrogen (secondary N) is 1. The van der Waals surface area contributed by atoms with Crippen molar-refractivity contribution >= 4 is 16.9 Å². The fourth-order valence-corrected chi connectivity index (χ4v) is 2.32. The van der Waals surface area contributed by atoms with Crippen LogP contribution in [0.2, 0.25) is 0 Å². The van der Waals surface area contributed by atoms with Crippen LogP contribution in [0.3, 0.4) is 0 Å². The number of carboxylic acid groups (broad SMARTS) is 1. The molecule has 3 rings (SSSR count). The molecular formula is C17H18N4O3. The Balaban J connectivity index is 1.79. The SMILES string of the molecule is CN(C)CCc1cc(Oc2ccc3[nH]c(C(=O)O)cc3c2)ncn1. The van der Waals surface area contributed by atoms with E-state index in [0.717, 1.165) is 29.6 Å². The number of carboxylic acids is 1. The molecule has 7 heteroatoms. The summed E-state index contributed by atoms with van der Waals surface area (Å²) in [7, 11) is 4.02. The highest BCUT2D eigenvalue weighted by Crippen LogP contribution is 2.25. The molecule has 0 aliphatic carbocycles. The van der Waals surface area contributed by atoms with E-state index in [9.17, 15) is 4.79 Å². The lowest BCUT2D eigenvalue weighted by atomic mass is 10.2. The Labute approximate surface area is 138 Å². The van der Waals surface area contributed by atoms with Gasteiger partial charge in [0.05, 0.1) is 0 Å². The number of ether oxygens (including phenoxy) is 1. The number of nitrogens with zero attached hydrogens (tertiary/aromatic N) is 3. The Hall–Kier alpha value is -2.93. The van der Waals surface area contributed by atoms with Crippen molar-refractivity contribution < 1.29 is 14.6 Å². The van der Waals surface area contributed by atoms with Crippen LogP contribution >= 0.6 is 0 Å². The van der Waals surface area contributed by atoms with Crippen molar-refractivity contribution in [2.45, 2.75) is 6.42 Å². The van der Waals surface area contributed by atoms with Gasteiger partial charge < -0.3 is 19.7 Å². The molecule has 0 saturated carbocycles. The van der Waals surface area contributed by atoms with Crippen LogP contribution in [0.4, 0.5) is 0 Å². The van der Waals surface area contributed by atoms with Crippen molar-refractivity contribution in [2.24, 2.45) is 0 Å². The molecule has 1 aromatic carbocycles. The van der Waals surface area contributed by atoms with Crippen LogP contribution in [0, 0.1) is 0 Å². The number of aromatic amines is 1. The van der Waals surface area contributed by atoms with Crippen LogP contribution in [-0.4, -0.2) is 51.6 Å². The van der Waals surface area contributed by atoms with Gasteiger partial charge in [0.25, 0.3) is 0 Å². The van der Waals surface area contributed by atoms with Crippen molar-refractivity contribution in [2.75, 3.05) is 20.6 Å². The third kappa shape index (κ3) is 3.69. The number of carbonyl (C=O) groups is 1. The molecule has 24 heavy (non-hydrogen) atoms. The maximum absolute atomic E-state index is 11.0. The van der Waals surface area contributed by atoms with E-state index in [0.29, 0.717) is 11.6 Å². The Morgan fingerprint density at radius 3 is 2.83 bits per heavy atom. The summed E-state index contributed by atoms with van der Waals surface area (Å²) in [6.45, 7) is 0.893. The fraction of sp³-hybridized carbons (Fsp3) is 0.235. The number of benzene rings is 1. The highest BCUT2D eigenvalue weighted by molar-refractivity contribution is 5.94. The predicted octanol–water partition coefficient (Wildman–Crippen LogP) is 2.55. The van der Waals surface area contributed by atoms with Crippen LogP contribution in [0.1, 0.15) is 16.2 Å². The second-order valence-corrected chi connectivity index (χ2v) is 5.74. The molecule has 7 nitrogen and oxygen atoms in total. The number of fused-ring (bicyclic) bond motifs is 1. The van der Waals surface area contributed by atoms with Crippen molar-refractivity contribution in [1.29, 1.82) is 0 Å². The first-order valence-electron chi connectivity index (χ1n) is 7.51. The van der Waals surface area contributed by atoms with Gasteiger partial charge in [-0.3, -0.25) is 0 Å². The highest BCUT2D eigenvalue weighted by Gasteiger charge is 2.09. The quantitative estimate of drug-likeness (QED) is 0.723. The minimum atomic E-state index is -0.991. The molecular weight excluding hydrogens is 308 g/mol. The molecule has 0 fully saturated rings. The zero-order chi connectivity index (χ0) is 17.1. The van der Waals surface area contributed by atoms with E-state index in [1.54, 1.807) is 24.3 Å². The van der Waals surface area contributed by atoms with Crippen LogP contribution in [-0.2, 0) is 6.42 Å². The van der Waals surface area contributed by atoms with Gasteiger partial charge >= 0.3 is 5.97 Å². The summed E-state index contributed by atoms with van der Waals surface area (Å²) < 4.78 is 5.78. The average molecular weight is 326 g/mol. The zero-order valence-electron chi connectivity index (χ0n) is 13.5. The first-order valence-corrected chi connectivity index (χ1v) is 7.51. The second-order valence-electron chi connectivity index (χ2n) is 5.74. The molecule has 0 saturated heterocycles. The van der Waals surface area contributed by atoms with E-state index >= 15 is 0 Å². The summed E-state index contributed by atoms with van der Waals surface area (Å²) in [4.78, 5) is 24.3. The highest BCUT2D eigenvalue weighted by atomic mass is 16.5. The fourth-order valence-electron chi connectivity index (χ4n) is 2.32. The molecule has 0 aliphatic heterocycles. The summed E-state index contributed by atoms with van der Waals surface area (Å²) >= 11 is 0. The Morgan fingerprint density at radius 2 is 2.08 bits per heavy atom. The van der Waals surface area contributed by atoms with Gasteiger partial charge in [-0.05, 0) is 38.4 Å². The molecule has 0 spiro atoms. The van der Waals surface area contributed by atoms with Crippen molar-refractivity contribution in [3.8, 4) is 11.6 Å². The van der Waals surface area contributed by atoms with Crippen LogP contribution < -0.4 is 4.74 Å². The number of H-pyrrole nitrogens is 1. The third-order valence-corrected chi connectivity index (χ3v) is 3.56. The molecule has 2 aromatic heterocycles. The number of aromatic nitrogens is 3. The van der Waals surface area contributed by atoms with E-state index in [-0.39, 0.29) is 5.69 Å². The van der Waals surface area contributed by atoms with Gasteiger partial charge in [-0.15, -0.1) is 0 Å². The molecule has 124 valence electrons. The number of aromatic carboxylic acids is 1. The van der Waals surface area contributed by atoms with Crippen molar-refractivity contribution in [3.63, 3.8) is 0 Å². The lowest BCUT2D eigenvalue weighted by Crippen LogP contribution is -2.15. The van der Waals surface area contributed by atoms with Crippen molar-refractivity contribution in [1.82, 2.24) is 19.9 Å². The normalized spacial score (nSPS) is 11.1. The maximum Gasteiger partial charge on any atom is 0.352 e. The molecule has 2 heterocycles. The Bertz CT molecular complexity index is 873. The summed E-state index contributed by atoms with van der Waals surface area (Å²) in [5.41, 5.74) is 1.80. The van der Waals surface area contributed by atoms with Gasteiger partial charge in [-0.1, -0.05) is 0 Å². The average Bonchev–Trinajstić information content (AvgIpc) is 2.97. The molecule has 0 atom stereocenters. The van der Waals surface area contributed by atoms with Crippen molar-refractivity contribution in [3.05, 3.63) is 48.0 Å². The lowest BCUT2D eigenvalue weighted by Gasteiger charge is -2.09. The molecule has 0 radical (unpaired) electrons. The summed E-state index contributed by atoms with van der Waals surface area (Å²) in [5.74, 6) is 0.0674. The van der Waals surface area contributed by atoms with Gasteiger partial charge in [-0.25, -0.2) is 14.8 Å². The molecule has 0 aliphatic rings. The zero-order valence-corrected chi connectivity index (χ0v) is 13.5. The predicted molar refractivity (Wildman–Crippen MR) is 89.6 cm³/mol. The smallest absolute Gasteiger partial charge is 0.352 e. The van der Waals surface area contributed by atoms with E-state index in [2.05, 4.69) is 19.9 Å². The largest absolute Gasteiger partial charge is 0.477 e. The maximum atomic E-state index is 11.0. The Morgan fingerprint density at radius 1 is 1.25 bits per heavy atom. The van der Waals surface area contributed by atoms with Crippen LogP contribution in [0.15, 0.2) is 36.7 Å². The summed E-state index contributed by atoms with van der Waals surface area (Å²) in [6.07, 6.45) is 2.29.